The van der Waals surface area contributed by atoms with E-state index in [1.807, 2.05) is 13.8 Å². The topological polar surface area (TPSA) is 102 Å². The number of hydrogen-bond donors (Lipinski definition) is 2. The highest BCUT2D eigenvalue weighted by Gasteiger charge is 2.16. The van der Waals surface area contributed by atoms with Gasteiger partial charge >= 0.3 is 5.97 Å². The number of anilines is 1. The molecule has 0 aliphatic heterocycles. The number of amides is 1. The SMILES string of the molecule is CCC[C@H](C)NC(=O)COC(=O)c1cccc(NS(=O)(=O)c2ccccc2)c1. The van der Waals surface area contributed by atoms with Crippen LogP contribution >= 0.6 is 0 Å². The van der Waals surface area contributed by atoms with Crippen LogP contribution in [0.2, 0.25) is 0 Å². The van der Waals surface area contributed by atoms with Gasteiger partial charge in [0.2, 0.25) is 0 Å². The van der Waals surface area contributed by atoms with Crippen molar-refractivity contribution in [1.82, 2.24) is 5.32 Å². The molecule has 0 spiro atoms. The second kappa shape index (κ2) is 9.89. The maximum atomic E-state index is 12.4. The summed E-state index contributed by atoms with van der Waals surface area (Å²) in [5.41, 5.74) is 0.363. The molecule has 8 heteroatoms. The van der Waals surface area contributed by atoms with Crippen LogP contribution in [0, 0.1) is 0 Å². The van der Waals surface area contributed by atoms with Crippen LogP contribution in [0.5, 0.6) is 0 Å². The lowest BCUT2D eigenvalue weighted by Crippen LogP contribution is -2.35. The molecule has 0 radical (unpaired) electrons. The monoisotopic (exact) mass is 404 g/mol. The minimum absolute atomic E-state index is 0.00641. The Balaban J connectivity index is 1.99. The van der Waals surface area contributed by atoms with E-state index in [9.17, 15) is 18.0 Å². The zero-order valence-corrected chi connectivity index (χ0v) is 16.7. The molecule has 150 valence electrons. The summed E-state index contributed by atoms with van der Waals surface area (Å²) in [5.74, 6) is -1.09. The molecule has 0 fully saturated rings. The van der Waals surface area contributed by atoms with Gasteiger partial charge in [0.15, 0.2) is 6.61 Å². The molecule has 0 saturated carbocycles. The van der Waals surface area contributed by atoms with Crippen LogP contribution < -0.4 is 10.0 Å². The Morgan fingerprint density at radius 2 is 1.79 bits per heavy atom. The molecule has 2 aromatic rings. The van der Waals surface area contributed by atoms with Crippen molar-refractivity contribution in [2.24, 2.45) is 0 Å². The molecule has 0 heterocycles. The van der Waals surface area contributed by atoms with Crippen molar-refractivity contribution < 1.29 is 22.7 Å². The summed E-state index contributed by atoms with van der Waals surface area (Å²) in [4.78, 5) is 24.1. The van der Waals surface area contributed by atoms with Gasteiger partial charge in [-0.1, -0.05) is 37.6 Å². The first-order valence-electron chi connectivity index (χ1n) is 8.96. The minimum Gasteiger partial charge on any atom is -0.452 e. The summed E-state index contributed by atoms with van der Waals surface area (Å²) in [7, 11) is -3.77. The summed E-state index contributed by atoms with van der Waals surface area (Å²) in [6, 6.07) is 13.8. The van der Waals surface area contributed by atoms with Gasteiger partial charge in [-0.25, -0.2) is 13.2 Å². The van der Waals surface area contributed by atoms with Gasteiger partial charge in [0.25, 0.3) is 15.9 Å². The first-order valence-corrected chi connectivity index (χ1v) is 10.4. The van der Waals surface area contributed by atoms with Crippen LogP contribution in [0.3, 0.4) is 0 Å². The van der Waals surface area contributed by atoms with Crippen LogP contribution in [0.1, 0.15) is 37.0 Å². The van der Waals surface area contributed by atoms with Gasteiger partial charge in [0, 0.05) is 11.7 Å². The van der Waals surface area contributed by atoms with E-state index in [1.54, 1.807) is 18.2 Å². The van der Waals surface area contributed by atoms with Gasteiger partial charge < -0.3 is 10.1 Å². The Morgan fingerprint density at radius 1 is 1.07 bits per heavy atom. The molecule has 0 unspecified atom stereocenters. The molecule has 28 heavy (non-hydrogen) atoms. The second-order valence-corrected chi connectivity index (χ2v) is 8.02. The van der Waals surface area contributed by atoms with E-state index in [-0.39, 0.29) is 28.1 Å². The standard InChI is InChI=1S/C20H24N2O5S/c1-3-8-15(2)21-19(23)14-27-20(24)16-9-7-10-17(13-16)22-28(25,26)18-11-5-4-6-12-18/h4-7,9-13,15,22H,3,8,14H2,1-2H3,(H,21,23)/t15-/m0/s1. The highest BCUT2D eigenvalue weighted by Crippen LogP contribution is 2.17. The van der Waals surface area contributed by atoms with E-state index in [0.717, 1.165) is 12.8 Å². The summed E-state index contributed by atoms with van der Waals surface area (Å²) in [6.45, 7) is 3.50. The first-order chi connectivity index (χ1) is 13.3. The lowest BCUT2D eigenvalue weighted by molar-refractivity contribution is -0.124. The van der Waals surface area contributed by atoms with Crippen LogP contribution in [-0.4, -0.2) is 32.9 Å². The normalized spacial score (nSPS) is 12.1. The lowest BCUT2D eigenvalue weighted by atomic mass is 10.2. The maximum Gasteiger partial charge on any atom is 0.338 e. The van der Waals surface area contributed by atoms with Gasteiger partial charge in [0.1, 0.15) is 0 Å². The fourth-order valence-electron chi connectivity index (χ4n) is 2.56. The van der Waals surface area contributed by atoms with Crippen molar-refractivity contribution in [2.75, 3.05) is 11.3 Å². The predicted octanol–water partition coefficient (Wildman–Crippen LogP) is 2.95. The molecule has 2 N–H and O–H groups in total. The van der Waals surface area contributed by atoms with Crippen LogP contribution in [-0.2, 0) is 19.6 Å². The van der Waals surface area contributed by atoms with Crippen molar-refractivity contribution >= 4 is 27.6 Å². The summed E-state index contributed by atoms with van der Waals surface area (Å²) >= 11 is 0. The van der Waals surface area contributed by atoms with Crippen molar-refractivity contribution in [3.05, 3.63) is 60.2 Å². The highest BCUT2D eigenvalue weighted by molar-refractivity contribution is 7.92. The van der Waals surface area contributed by atoms with Gasteiger partial charge in [-0.05, 0) is 43.7 Å². The molecule has 2 aromatic carbocycles. The van der Waals surface area contributed by atoms with Crippen LogP contribution in [0.15, 0.2) is 59.5 Å². The largest absolute Gasteiger partial charge is 0.452 e. The molecule has 1 amide bonds. The summed E-state index contributed by atoms with van der Waals surface area (Å²) < 4.78 is 32.2. The van der Waals surface area contributed by atoms with Gasteiger partial charge in [-0.15, -0.1) is 0 Å². The molecular formula is C20H24N2O5S. The molecule has 0 aliphatic carbocycles. The summed E-state index contributed by atoms with van der Waals surface area (Å²) in [5, 5.41) is 2.74. The Morgan fingerprint density at radius 3 is 2.46 bits per heavy atom. The molecule has 2 rings (SSSR count). The molecule has 1 atom stereocenters. The number of rotatable bonds is 9. The van der Waals surface area contributed by atoms with Crippen molar-refractivity contribution in [1.29, 1.82) is 0 Å². The van der Waals surface area contributed by atoms with Crippen molar-refractivity contribution in [3.63, 3.8) is 0 Å². The highest BCUT2D eigenvalue weighted by atomic mass is 32.2. The van der Waals surface area contributed by atoms with Gasteiger partial charge in [0.05, 0.1) is 10.5 Å². The predicted molar refractivity (Wildman–Crippen MR) is 106 cm³/mol. The number of ether oxygens (including phenoxy) is 1. The average Bonchev–Trinajstić information content (AvgIpc) is 2.67. The third-order valence-corrected chi connectivity index (χ3v) is 5.26. The van der Waals surface area contributed by atoms with E-state index in [0.29, 0.717) is 0 Å². The van der Waals surface area contributed by atoms with E-state index >= 15 is 0 Å². The fraction of sp³-hybridized carbons (Fsp3) is 0.300. The number of carbonyl (C=O) groups excluding carboxylic acids is 2. The van der Waals surface area contributed by atoms with Crippen molar-refractivity contribution in [3.8, 4) is 0 Å². The van der Waals surface area contributed by atoms with Crippen LogP contribution in [0.25, 0.3) is 0 Å². The van der Waals surface area contributed by atoms with Crippen molar-refractivity contribution in [2.45, 2.75) is 37.6 Å². The zero-order valence-electron chi connectivity index (χ0n) is 15.8. The Hall–Kier alpha value is -2.87. The number of nitrogens with one attached hydrogen (secondary N) is 2. The van der Waals surface area contributed by atoms with E-state index in [1.165, 1.54) is 36.4 Å². The molecule has 0 saturated heterocycles. The smallest absolute Gasteiger partial charge is 0.338 e. The van der Waals surface area contributed by atoms with E-state index < -0.39 is 22.6 Å². The maximum absolute atomic E-state index is 12.4. The number of sulfonamides is 1. The third-order valence-electron chi connectivity index (χ3n) is 3.87. The number of benzene rings is 2. The fourth-order valence-corrected chi connectivity index (χ4v) is 3.63. The lowest BCUT2D eigenvalue weighted by Gasteiger charge is -2.13. The van der Waals surface area contributed by atoms with Crippen LogP contribution in [0.4, 0.5) is 5.69 Å². The minimum atomic E-state index is -3.77. The second-order valence-electron chi connectivity index (χ2n) is 6.33. The quantitative estimate of drug-likeness (QED) is 0.626. The van der Waals surface area contributed by atoms with Gasteiger partial charge in [-0.2, -0.15) is 0 Å². The third kappa shape index (κ3) is 6.38. The van der Waals surface area contributed by atoms with Gasteiger partial charge in [-0.3, -0.25) is 9.52 Å². The zero-order chi connectivity index (χ0) is 20.6. The Bertz CT molecular complexity index is 913. The summed E-state index contributed by atoms with van der Waals surface area (Å²) in [6.07, 6.45) is 1.77. The first kappa shape index (κ1) is 21.4. The number of hydrogen-bond acceptors (Lipinski definition) is 5. The number of esters is 1. The van der Waals surface area contributed by atoms with E-state index in [2.05, 4.69) is 10.0 Å². The molecule has 0 bridgehead atoms. The Kier molecular flexibility index (Phi) is 7.57. The Labute approximate surface area is 165 Å². The number of carbonyl (C=O) groups is 2. The molecule has 0 aromatic heterocycles. The average molecular weight is 404 g/mol. The molecule has 0 aliphatic rings. The van der Waals surface area contributed by atoms with E-state index in [4.69, 9.17) is 4.74 Å². The molecule has 7 nitrogen and oxygen atoms in total. The molecular weight excluding hydrogens is 380 g/mol.